The summed E-state index contributed by atoms with van der Waals surface area (Å²) in [5.74, 6) is 0. The molecule has 4 nitrogen and oxygen atoms in total. The topological polar surface area (TPSA) is 64.7 Å². The van der Waals surface area contributed by atoms with E-state index >= 15 is 0 Å². The van der Waals surface area contributed by atoms with Crippen molar-refractivity contribution < 1.29 is 0 Å². The first kappa shape index (κ1) is 12.7. The van der Waals surface area contributed by atoms with Crippen LogP contribution in [0.25, 0.3) is 10.9 Å². The third-order valence-corrected chi connectivity index (χ3v) is 3.36. The highest BCUT2D eigenvalue weighted by atomic mass is 14.8. The van der Waals surface area contributed by atoms with Gasteiger partial charge in [0.1, 0.15) is 0 Å². The number of para-hydroxylation sites is 1. The van der Waals surface area contributed by atoms with E-state index in [-0.39, 0.29) is 6.04 Å². The van der Waals surface area contributed by atoms with Gasteiger partial charge in [-0.3, -0.25) is 15.0 Å². The minimum Gasteiger partial charge on any atom is -0.322 e. The molecule has 0 radical (unpaired) electrons. The quantitative estimate of drug-likeness (QED) is 0.789. The molecule has 2 N–H and O–H groups in total. The van der Waals surface area contributed by atoms with Crippen molar-refractivity contribution in [3.63, 3.8) is 0 Å². The maximum atomic E-state index is 6.25. The third-order valence-electron chi connectivity index (χ3n) is 3.36. The Bertz CT molecular complexity index is 717. The van der Waals surface area contributed by atoms with Crippen LogP contribution in [0.4, 0.5) is 0 Å². The molecule has 2 heterocycles. The van der Waals surface area contributed by atoms with Gasteiger partial charge in [-0.25, -0.2) is 0 Å². The van der Waals surface area contributed by atoms with E-state index in [2.05, 4.69) is 21.0 Å². The standard InChI is InChI=1S/C16H16N4/c1-11-9-20-16(10-19-11)14(17)8-12-6-7-18-15-5-3-2-4-13(12)15/h2-7,9-10,14H,8,17H2,1H3. The molecule has 0 saturated heterocycles. The molecular weight excluding hydrogens is 248 g/mol. The predicted molar refractivity (Wildman–Crippen MR) is 79.1 cm³/mol. The van der Waals surface area contributed by atoms with E-state index in [1.165, 1.54) is 5.56 Å². The van der Waals surface area contributed by atoms with E-state index in [9.17, 15) is 0 Å². The van der Waals surface area contributed by atoms with E-state index in [0.29, 0.717) is 0 Å². The van der Waals surface area contributed by atoms with E-state index in [1.807, 2.05) is 37.4 Å². The Balaban J connectivity index is 1.91. The molecule has 1 unspecified atom stereocenters. The van der Waals surface area contributed by atoms with Crippen LogP contribution in [0.5, 0.6) is 0 Å². The molecule has 4 heteroatoms. The van der Waals surface area contributed by atoms with Gasteiger partial charge in [0.05, 0.1) is 29.1 Å². The fourth-order valence-electron chi connectivity index (χ4n) is 2.27. The van der Waals surface area contributed by atoms with Gasteiger partial charge in [0.2, 0.25) is 0 Å². The van der Waals surface area contributed by atoms with Gasteiger partial charge in [0.15, 0.2) is 0 Å². The molecule has 0 spiro atoms. The maximum Gasteiger partial charge on any atom is 0.0757 e. The number of hydrogen-bond acceptors (Lipinski definition) is 4. The lowest BCUT2D eigenvalue weighted by atomic mass is 10.0. The number of rotatable bonds is 3. The van der Waals surface area contributed by atoms with Crippen molar-refractivity contribution in [1.82, 2.24) is 15.0 Å². The molecule has 0 bridgehead atoms. The number of benzene rings is 1. The van der Waals surface area contributed by atoms with Gasteiger partial charge >= 0.3 is 0 Å². The van der Waals surface area contributed by atoms with Crippen LogP contribution >= 0.6 is 0 Å². The van der Waals surface area contributed by atoms with Crippen molar-refractivity contribution in [3.8, 4) is 0 Å². The summed E-state index contributed by atoms with van der Waals surface area (Å²) in [7, 11) is 0. The van der Waals surface area contributed by atoms with Gasteiger partial charge < -0.3 is 5.73 Å². The van der Waals surface area contributed by atoms with Crippen LogP contribution in [0, 0.1) is 6.92 Å². The number of aryl methyl sites for hydroxylation is 1. The molecule has 0 aliphatic heterocycles. The van der Waals surface area contributed by atoms with Crippen molar-refractivity contribution in [3.05, 3.63) is 65.9 Å². The lowest BCUT2D eigenvalue weighted by molar-refractivity contribution is 0.692. The molecule has 1 aromatic carbocycles. The zero-order valence-corrected chi connectivity index (χ0v) is 11.3. The van der Waals surface area contributed by atoms with Crippen molar-refractivity contribution in [2.45, 2.75) is 19.4 Å². The molecule has 2 aromatic heterocycles. The van der Waals surface area contributed by atoms with E-state index in [4.69, 9.17) is 5.73 Å². The fourth-order valence-corrected chi connectivity index (χ4v) is 2.27. The van der Waals surface area contributed by atoms with Crippen LogP contribution in [0.1, 0.15) is 23.0 Å². The fraction of sp³-hybridized carbons (Fsp3) is 0.188. The number of nitrogens with zero attached hydrogens (tertiary/aromatic N) is 3. The minimum atomic E-state index is -0.158. The van der Waals surface area contributed by atoms with Gasteiger partial charge in [-0.2, -0.15) is 0 Å². The summed E-state index contributed by atoms with van der Waals surface area (Å²) in [6.45, 7) is 1.92. The Morgan fingerprint density at radius 1 is 1.05 bits per heavy atom. The molecule has 0 aliphatic carbocycles. The summed E-state index contributed by atoms with van der Waals surface area (Å²) < 4.78 is 0. The summed E-state index contributed by atoms with van der Waals surface area (Å²) in [4.78, 5) is 13.0. The molecule has 0 saturated carbocycles. The average molecular weight is 264 g/mol. The van der Waals surface area contributed by atoms with Gasteiger partial charge in [-0.05, 0) is 31.0 Å². The molecule has 0 aliphatic rings. The first-order valence-corrected chi connectivity index (χ1v) is 6.61. The van der Waals surface area contributed by atoms with Crippen molar-refractivity contribution in [2.24, 2.45) is 5.73 Å². The van der Waals surface area contributed by atoms with E-state index in [0.717, 1.165) is 28.7 Å². The Kier molecular flexibility index (Phi) is 3.39. The van der Waals surface area contributed by atoms with Crippen LogP contribution in [-0.2, 0) is 6.42 Å². The minimum absolute atomic E-state index is 0.158. The van der Waals surface area contributed by atoms with E-state index < -0.39 is 0 Å². The highest BCUT2D eigenvalue weighted by Gasteiger charge is 2.11. The lowest BCUT2D eigenvalue weighted by Gasteiger charge is -2.12. The Morgan fingerprint density at radius 2 is 1.90 bits per heavy atom. The van der Waals surface area contributed by atoms with Crippen molar-refractivity contribution >= 4 is 10.9 Å². The molecular formula is C16H16N4. The summed E-state index contributed by atoms with van der Waals surface area (Å²) in [6, 6.07) is 9.95. The first-order valence-electron chi connectivity index (χ1n) is 6.61. The molecule has 0 amide bonds. The normalized spacial score (nSPS) is 12.5. The largest absolute Gasteiger partial charge is 0.322 e. The molecule has 100 valence electrons. The smallest absolute Gasteiger partial charge is 0.0757 e. The lowest BCUT2D eigenvalue weighted by Crippen LogP contribution is -2.15. The molecule has 20 heavy (non-hydrogen) atoms. The Hall–Kier alpha value is -2.33. The van der Waals surface area contributed by atoms with Gasteiger partial charge in [-0.15, -0.1) is 0 Å². The molecule has 0 fully saturated rings. The number of aromatic nitrogens is 3. The van der Waals surface area contributed by atoms with Crippen LogP contribution in [-0.4, -0.2) is 15.0 Å². The van der Waals surface area contributed by atoms with Gasteiger partial charge in [0, 0.05) is 17.8 Å². The highest BCUT2D eigenvalue weighted by molar-refractivity contribution is 5.81. The number of nitrogens with two attached hydrogens (primary N) is 1. The average Bonchev–Trinajstić information content (AvgIpc) is 2.48. The summed E-state index contributed by atoms with van der Waals surface area (Å²) in [5.41, 5.74) is 10.1. The summed E-state index contributed by atoms with van der Waals surface area (Å²) in [6.07, 6.45) is 6.05. The monoisotopic (exact) mass is 264 g/mol. The molecule has 3 aromatic rings. The summed E-state index contributed by atoms with van der Waals surface area (Å²) in [5, 5.41) is 1.14. The van der Waals surface area contributed by atoms with Crippen LogP contribution < -0.4 is 5.73 Å². The SMILES string of the molecule is Cc1cnc(C(N)Cc2ccnc3ccccc23)cn1. The second kappa shape index (κ2) is 5.35. The van der Waals surface area contributed by atoms with Gasteiger partial charge in [0.25, 0.3) is 0 Å². The first-order chi connectivity index (χ1) is 9.74. The van der Waals surface area contributed by atoms with Crippen LogP contribution in [0.15, 0.2) is 48.9 Å². The third kappa shape index (κ3) is 2.51. The van der Waals surface area contributed by atoms with Gasteiger partial charge in [-0.1, -0.05) is 18.2 Å². The molecule has 1 atom stereocenters. The Labute approximate surface area is 117 Å². The number of pyridine rings is 1. The predicted octanol–water partition coefficient (Wildman–Crippen LogP) is 2.58. The number of hydrogen-bond donors (Lipinski definition) is 1. The van der Waals surface area contributed by atoms with E-state index in [1.54, 1.807) is 12.4 Å². The molecule has 3 rings (SSSR count). The maximum absolute atomic E-state index is 6.25. The summed E-state index contributed by atoms with van der Waals surface area (Å²) >= 11 is 0. The highest BCUT2D eigenvalue weighted by Crippen LogP contribution is 2.21. The zero-order chi connectivity index (χ0) is 13.9. The number of fused-ring (bicyclic) bond motifs is 1. The van der Waals surface area contributed by atoms with Crippen LogP contribution in [0.3, 0.4) is 0 Å². The zero-order valence-electron chi connectivity index (χ0n) is 11.3. The van der Waals surface area contributed by atoms with Crippen molar-refractivity contribution in [2.75, 3.05) is 0 Å². The van der Waals surface area contributed by atoms with Crippen molar-refractivity contribution in [1.29, 1.82) is 0 Å². The Morgan fingerprint density at radius 3 is 2.70 bits per heavy atom. The second-order valence-corrected chi connectivity index (χ2v) is 4.88. The van der Waals surface area contributed by atoms with Crippen LogP contribution in [0.2, 0.25) is 0 Å². The second-order valence-electron chi connectivity index (χ2n) is 4.88.